The molecule has 0 aliphatic heterocycles. The van der Waals surface area contributed by atoms with Crippen molar-refractivity contribution < 1.29 is 12.6 Å². The molecule has 134 valence electrons. The first-order chi connectivity index (χ1) is 12.4. The maximum atomic E-state index is 11.8. The van der Waals surface area contributed by atoms with Gasteiger partial charge in [0.15, 0.2) is 0 Å². The number of anilines is 2. The van der Waals surface area contributed by atoms with Crippen LogP contribution in [0.3, 0.4) is 0 Å². The first-order valence-corrected chi connectivity index (χ1v) is 9.17. The number of aromatic nitrogens is 2. The standard InChI is InChI=1S/C18H18N4O3S/c1-22(2)26(23,24)25-16-10-6-9-15(11-16)21-18-12-17(19-13-20-18)14-7-4-3-5-8-14/h3-13H,1-2H3,(H,19,20,21). The lowest BCUT2D eigenvalue weighted by molar-refractivity contribution is 0.421. The van der Waals surface area contributed by atoms with Crippen LogP contribution < -0.4 is 9.50 Å². The summed E-state index contributed by atoms with van der Waals surface area (Å²) in [5.41, 5.74) is 2.41. The van der Waals surface area contributed by atoms with E-state index >= 15 is 0 Å². The van der Waals surface area contributed by atoms with Crippen molar-refractivity contribution in [2.75, 3.05) is 19.4 Å². The molecule has 7 nitrogen and oxygen atoms in total. The van der Waals surface area contributed by atoms with Gasteiger partial charge < -0.3 is 9.50 Å². The Kier molecular flexibility index (Phi) is 5.15. The molecule has 0 saturated carbocycles. The third-order valence-corrected chi connectivity index (χ3v) is 4.79. The highest BCUT2D eigenvalue weighted by Crippen LogP contribution is 2.24. The summed E-state index contributed by atoms with van der Waals surface area (Å²) in [5, 5.41) is 3.13. The van der Waals surface area contributed by atoms with Gasteiger partial charge in [-0.1, -0.05) is 36.4 Å². The molecular weight excluding hydrogens is 352 g/mol. The van der Waals surface area contributed by atoms with Crippen LogP contribution in [0.1, 0.15) is 0 Å². The highest BCUT2D eigenvalue weighted by Gasteiger charge is 2.15. The Labute approximate surface area is 152 Å². The summed E-state index contributed by atoms with van der Waals surface area (Å²) in [6.45, 7) is 0. The number of nitrogens with one attached hydrogen (secondary N) is 1. The SMILES string of the molecule is CN(C)S(=O)(=O)Oc1cccc(Nc2cc(-c3ccccc3)ncn2)c1. The molecule has 1 heterocycles. The molecule has 0 saturated heterocycles. The molecule has 1 N–H and O–H groups in total. The Morgan fingerprint density at radius 2 is 1.73 bits per heavy atom. The minimum absolute atomic E-state index is 0.209. The fourth-order valence-corrected chi connectivity index (χ4v) is 2.66. The van der Waals surface area contributed by atoms with Crippen LogP contribution in [0.5, 0.6) is 5.75 Å². The Bertz CT molecular complexity index is 992. The van der Waals surface area contributed by atoms with Crippen LogP contribution in [-0.2, 0) is 10.3 Å². The normalized spacial score (nSPS) is 11.3. The lowest BCUT2D eigenvalue weighted by Crippen LogP contribution is -2.27. The van der Waals surface area contributed by atoms with E-state index in [9.17, 15) is 8.42 Å². The Balaban J connectivity index is 1.81. The summed E-state index contributed by atoms with van der Waals surface area (Å²) >= 11 is 0. The molecule has 0 atom stereocenters. The summed E-state index contributed by atoms with van der Waals surface area (Å²) in [6.07, 6.45) is 1.47. The highest BCUT2D eigenvalue weighted by molar-refractivity contribution is 7.84. The van der Waals surface area contributed by atoms with Crippen molar-refractivity contribution in [3.8, 4) is 17.0 Å². The van der Waals surface area contributed by atoms with Crippen LogP contribution in [0.15, 0.2) is 67.0 Å². The number of hydrogen-bond acceptors (Lipinski definition) is 6. The van der Waals surface area contributed by atoms with E-state index in [0.29, 0.717) is 11.5 Å². The molecule has 3 rings (SSSR count). The van der Waals surface area contributed by atoms with Crippen LogP contribution in [0.4, 0.5) is 11.5 Å². The van der Waals surface area contributed by atoms with Crippen LogP contribution in [0.2, 0.25) is 0 Å². The van der Waals surface area contributed by atoms with E-state index < -0.39 is 10.3 Å². The predicted octanol–water partition coefficient (Wildman–Crippen LogP) is 3.07. The van der Waals surface area contributed by atoms with Crippen molar-refractivity contribution in [2.45, 2.75) is 0 Å². The van der Waals surface area contributed by atoms with E-state index in [-0.39, 0.29) is 5.75 Å². The van der Waals surface area contributed by atoms with Crippen LogP contribution in [0.25, 0.3) is 11.3 Å². The third-order valence-electron chi connectivity index (χ3n) is 3.49. The van der Waals surface area contributed by atoms with E-state index in [0.717, 1.165) is 15.6 Å². The molecule has 0 bridgehead atoms. The Hall–Kier alpha value is -2.97. The van der Waals surface area contributed by atoms with E-state index in [1.54, 1.807) is 24.3 Å². The van der Waals surface area contributed by atoms with Crippen LogP contribution >= 0.6 is 0 Å². The van der Waals surface area contributed by atoms with Crippen molar-refractivity contribution in [3.63, 3.8) is 0 Å². The van der Waals surface area contributed by atoms with Crippen LogP contribution in [-0.4, -0.2) is 36.8 Å². The van der Waals surface area contributed by atoms with Crippen molar-refractivity contribution in [2.24, 2.45) is 0 Å². The maximum absolute atomic E-state index is 11.8. The molecule has 0 unspecified atom stereocenters. The van der Waals surface area contributed by atoms with Gasteiger partial charge in [0.25, 0.3) is 0 Å². The van der Waals surface area contributed by atoms with Gasteiger partial charge in [-0.3, -0.25) is 0 Å². The lowest BCUT2D eigenvalue weighted by atomic mass is 10.1. The van der Waals surface area contributed by atoms with Gasteiger partial charge in [0.2, 0.25) is 0 Å². The second-order valence-electron chi connectivity index (χ2n) is 5.63. The lowest BCUT2D eigenvalue weighted by Gasteiger charge is -2.13. The molecular formula is C18H18N4O3S. The zero-order valence-corrected chi connectivity index (χ0v) is 15.1. The predicted molar refractivity (Wildman–Crippen MR) is 100 cm³/mol. The monoisotopic (exact) mass is 370 g/mol. The van der Waals surface area contributed by atoms with Crippen molar-refractivity contribution in [3.05, 3.63) is 67.0 Å². The molecule has 0 aliphatic carbocycles. The Morgan fingerprint density at radius 3 is 2.46 bits per heavy atom. The fourth-order valence-electron chi connectivity index (χ4n) is 2.16. The minimum atomic E-state index is -3.80. The number of benzene rings is 2. The van der Waals surface area contributed by atoms with Gasteiger partial charge >= 0.3 is 10.3 Å². The summed E-state index contributed by atoms with van der Waals surface area (Å²) < 4.78 is 29.7. The number of nitrogens with zero attached hydrogens (tertiary/aromatic N) is 3. The molecule has 3 aromatic rings. The van der Waals surface area contributed by atoms with E-state index in [2.05, 4.69) is 15.3 Å². The first-order valence-electron chi connectivity index (χ1n) is 7.80. The summed E-state index contributed by atoms with van der Waals surface area (Å²) in [5.74, 6) is 0.799. The highest BCUT2D eigenvalue weighted by atomic mass is 32.2. The summed E-state index contributed by atoms with van der Waals surface area (Å²) in [7, 11) is -0.991. The minimum Gasteiger partial charge on any atom is -0.371 e. The van der Waals surface area contributed by atoms with Crippen LogP contribution in [0, 0.1) is 0 Å². The van der Waals surface area contributed by atoms with Crippen molar-refractivity contribution >= 4 is 21.8 Å². The second-order valence-corrected chi connectivity index (χ2v) is 7.38. The van der Waals surface area contributed by atoms with Crippen molar-refractivity contribution in [1.29, 1.82) is 0 Å². The quantitative estimate of drug-likeness (QED) is 0.718. The zero-order chi connectivity index (χ0) is 18.6. The average molecular weight is 370 g/mol. The molecule has 0 aliphatic rings. The largest absolute Gasteiger partial charge is 0.384 e. The topological polar surface area (TPSA) is 84.4 Å². The molecule has 0 spiro atoms. The molecule has 8 heteroatoms. The van der Waals surface area contributed by atoms with Gasteiger partial charge in [0, 0.05) is 37.5 Å². The van der Waals surface area contributed by atoms with Gasteiger partial charge in [-0.15, -0.1) is 0 Å². The maximum Gasteiger partial charge on any atom is 0.384 e. The molecule has 0 amide bonds. The van der Waals surface area contributed by atoms with Crippen molar-refractivity contribution in [1.82, 2.24) is 14.3 Å². The van der Waals surface area contributed by atoms with E-state index in [4.69, 9.17) is 4.18 Å². The van der Waals surface area contributed by atoms with E-state index in [1.165, 1.54) is 20.4 Å². The Morgan fingerprint density at radius 1 is 0.962 bits per heavy atom. The molecule has 0 radical (unpaired) electrons. The van der Waals surface area contributed by atoms with Gasteiger partial charge in [0.05, 0.1) is 5.69 Å². The first kappa shape index (κ1) is 17.8. The van der Waals surface area contributed by atoms with Gasteiger partial charge in [0.1, 0.15) is 17.9 Å². The number of rotatable bonds is 6. The third kappa shape index (κ3) is 4.35. The molecule has 1 aromatic heterocycles. The fraction of sp³-hybridized carbons (Fsp3) is 0.111. The zero-order valence-electron chi connectivity index (χ0n) is 14.3. The molecule has 2 aromatic carbocycles. The smallest absolute Gasteiger partial charge is 0.371 e. The van der Waals surface area contributed by atoms with Gasteiger partial charge in [-0.25, -0.2) is 9.97 Å². The average Bonchev–Trinajstić information content (AvgIpc) is 2.62. The van der Waals surface area contributed by atoms with Gasteiger partial charge in [-0.05, 0) is 12.1 Å². The number of hydrogen-bond donors (Lipinski definition) is 1. The summed E-state index contributed by atoms with van der Waals surface area (Å²) in [4.78, 5) is 8.48. The second kappa shape index (κ2) is 7.51. The summed E-state index contributed by atoms with van der Waals surface area (Å²) in [6, 6.07) is 18.2. The molecule has 26 heavy (non-hydrogen) atoms. The van der Waals surface area contributed by atoms with Gasteiger partial charge in [-0.2, -0.15) is 12.7 Å². The molecule has 0 fully saturated rings. The van der Waals surface area contributed by atoms with E-state index in [1.807, 2.05) is 36.4 Å².